The van der Waals surface area contributed by atoms with Gasteiger partial charge in [0.05, 0.1) is 11.6 Å². The Kier molecular flexibility index (Phi) is 4.67. The minimum absolute atomic E-state index is 0.152. The Labute approximate surface area is 143 Å². The molecular weight excluding hydrogens is 308 g/mol. The van der Waals surface area contributed by atoms with Crippen LogP contribution in [0, 0.1) is 0 Å². The van der Waals surface area contributed by atoms with Crippen molar-refractivity contribution in [3.8, 4) is 5.75 Å². The number of hydrogen-bond acceptors (Lipinski definition) is 3. The van der Waals surface area contributed by atoms with Gasteiger partial charge in [-0.25, -0.2) is 0 Å². The van der Waals surface area contributed by atoms with Crippen LogP contribution in [0.3, 0.4) is 0 Å². The molecule has 0 bridgehead atoms. The lowest BCUT2D eigenvalue weighted by molar-refractivity contribution is 0.225. The molecule has 1 fully saturated rings. The molecule has 1 saturated heterocycles. The maximum Gasteiger partial charge on any atom is 0.138 e. The second-order valence-corrected chi connectivity index (χ2v) is 6.82. The Hall–Kier alpha value is -1.87. The number of nitrogens with zero attached hydrogens (tertiary/aromatic N) is 1. The monoisotopic (exact) mass is 330 g/mol. The fourth-order valence-electron chi connectivity index (χ4n) is 2.93. The lowest BCUT2D eigenvalue weighted by atomic mass is 10.0. The van der Waals surface area contributed by atoms with Crippen molar-refractivity contribution in [2.75, 3.05) is 23.7 Å². The van der Waals surface area contributed by atoms with E-state index in [1.807, 2.05) is 12.1 Å². The number of nitrogen functional groups attached to an aromatic ring is 1. The van der Waals surface area contributed by atoms with E-state index in [0.29, 0.717) is 22.4 Å². The molecule has 0 saturated carbocycles. The van der Waals surface area contributed by atoms with Crippen molar-refractivity contribution in [3.63, 3.8) is 0 Å². The number of nitrogens with two attached hydrogens (primary N) is 1. The van der Waals surface area contributed by atoms with Gasteiger partial charge in [-0.3, -0.25) is 0 Å². The number of halogens is 1. The molecule has 0 aliphatic carbocycles. The summed E-state index contributed by atoms with van der Waals surface area (Å²) in [6.45, 7) is 6.32. The van der Waals surface area contributed by atoms with E-state index in [-0.39, 0.29) is 6.10 Å². The lowest BCUT2D eigenvalue weighted by Gasteiger charge is -2.20. The third kappa shape index (κ3) is 3.73. The smallest absolute Gasteiger partial charge is 0.138 e. The molecule has 122 valence electrons. The van der Waals surface area contributed by atoms with E-state index in [4.69, 9.17) is 22.1 Å². The van der Waals surface area contributed by atoms with Crippen molar-refractivity contribution in [2.24, 2.45) is 0 Å². The summed E-state index contributed by atoms with van der Waals surface area (Å²) in [5.74, 6) is 1.25. The van der Waals surface area contributed by atoms with Crippen LogP contribution in [0.5, 0.6) is 5.75 Å². The minimum atomic E-state index is 0.152. The third-order valence-corrected chi connectivity index (χ3v) is 4.59. The van der Waals surface area contributed by atoms with E-state index in [2.05, 4.69) is 43.0 Å². The minimum Gasteiger partial charge on any atom is -0.487 e. The van der Waals surface area contributed by atoms with E-state index in [9.17, 15) is 0 Å². The topological polar surface area (TPSA) is 38.5 Å². The summed E-state index contributed by atoms with van der Waals surface area (Å²) in [4.78, 5) is 2.38. The van der Waals surface area contributed by atoms with Crippen LogP contribution in [0.1, 0.15) is 31.7 Å². The fraction of sp³-hybridized carbons (Fsp3) is 0.368. The maximum atomic E-state index is 6.20. The zero-order valence-corrected chi connectivity index (χ0v) is 14.4. The molecule has 1 atom stereocenters. The van der Waals surface area contributed by atoms with Crippen LogP contribution < -0.4 is 15.4 Å². The van der Waals surface area contributed by atoms with Crippen LogP contribution in [-0.4, -0.2) is 19.2 Å². The Morgan fingerprint density at radius 2 is 2.04 bits per heavy atom. The summed E-state index contributed by atoms with van der Waals surface area (Å²) >= 11 is 6.20. The number of rotatable bonds is 4. The molecule has 4 heteroatoms. The molecule has 1 aliphatic rings. The first-order valence-electron chi connectivity index (χ1n) is 8.09. The molecule has 0 radical (unpaired) electrons. The lowest BCUT2D eigenvalue weighted by Crippen LogP contribution is -2.24. The highest BCUT2D eigenvalue weighted by Crippen LogP contribution is 2.30. The van der Waals surface area contributed by atoms with Crippen LogP contribution in [0.15, 0.2) is 42.5 Å². The summed E-state index contributed by atoms with van der Waals surface area (Å²) in [7, 11) is 0. The van der Waals surface area contributed by atoms with Crippen molar-refractivity contribution < 1.29 is 4.74 Å². The molecule has 2 N–H and O–H groups in total. The molecule has 23 heavy (non-hydrogen) atoms. The summed E-state index contributed by atoms with van der Waals surface area (Å²) in [5.41, 5.74) is 9.02. The summed E-state index contributed by atoms with van der Waals surface area (Å²) in [6, 6.07) is 14.2. The van der Waals surface area contributed by atoms with E-state index in [0.717, 1.165) is 19.5 Å². The number of anilines is 2. The quantitative estimate of drug-likeness (QED) is 0.825. The maximum absolute atomic E-state index is 6.20. The highest BCUT2D eigenvalue weighted by Gasteiger charge is 2.25. The van der Waals surface area contributed by atoms with Crippen LogP contribution in [0.4, 0.5) is 11.4 Å². The Morgan fingerprint density at radius 3 is 2.78 bits per heavy atom. The van der Waals surface area contributed by atoms with Crippen molar-refractivity contribution in [3.05, 3.63) is 53.1 Å². The normalized spacial score (nSPS) is 17.7. The first kappa shape index (κ1) is 16.0. The van der Waals surface area contributed by atoms with Crippen molar-refractivity contribution in [2.45, 2.75) is 32.3 Å². The van der Waals surface area contributed by atoms with Crippen LogP contribution in [-0.2, 0) is 0 Å². The van der Waals surface area contributed by atoms with Gasteiger partial charge in [-0.05, 0) is 41.8 Å². The van der Waals surface area contributed by atoms with Gasteiger partial charge in [0.15, 0.2) is 0 Å². The molecule has 0 aromatic heterocycles. The highest BCUT2D eigenvalue weighted by molar-refractivity contribution is 6.32. The molecule has 2 aromatic rings. The number of benzene rings is 2. The van der Waals surface area contributed by atoms with E-state index in [1.165, 1.54) is 11.3 Å². The van der Waals surface area contributed by atoms with Crippen LogP contribution >= 0.6 is 11.6 Å². The predicted molar refractivity (Wildman–Crippen MR) is 97.6 cm³/mol. The zero-order chi connectivity index (χ0) is 16.4. The van der Waals surface area contributed by atoms with Gasteiger partial charge < -0.3 is 15.4 Å². The Balaban J connectivity index is 1.67. The molecular formula is C19H23ClN2O. The van der Waals surface area contributed by atoms with E-state index >= 15 is 0 Å². The molecule has 1 aliphatic heterocycles. The second-order valence-electron chi connectivity index (χ2n) is 6.41. The van der Waals surface area contributed by atoms with Gasteiger partial charge in [0.1, 0.15) is 11.9 Å². The molecule has 0 spiro atoms. The first-order valence-corrected chi connectivity index (χ1v) is 8.47. The molecule has 3 nitrogen and oxygen atoms in total. The summed E-state index contributed by atoms with van der Waals surface area (Å²) in [6.07, 6.45) is 1.14. The third-order valence-electron chi connectivity index (χ3n) is 4.30. The van der Waals surface area contributed by atoms with Gasteiger partial charge in [-0.15, -0.1) is 0 Å². The standard InChI is InChI=1S/C19H23ClN2O/c1-13(2)14-4-3-5-16(10-14)22-9-8-17(12-22)23-19-7-6-15(21)11-18(19)20/h3-7,10-11,13,17H,8-9,12,21H2,1-2H3/t17-/m0/s1. The first-order chi connectivity index (χ1) is 11.0. The molecule has 2 aromatic carbocycles. The summed E-state index contributed by atoms with van der Waals surface area (Å²) < 4.78 is 6.06. The Morgan fingerprint density at radius 1 is 1.22 bits per heavy atom. The zero-order valence-electron chi connectivity index (χ0n) is 13.6. The van der Waals surface area contributed by atoms with Crippen molar-refractivity contribution >= 4 is 23.0 Å². The SMILES string of the molecule is CC(C)c1cccc(N2CC[C@H](Oc3ccc(N)cc3Cl)C2)c1. The van der Waals surface area contributed by atoms with E-state index in [1.54, 1.807) is 6.07 Å². The van der Waals surface area contributed by atoms with E-state index < -0.39 is 0 Å². The highest BCUT2D eigenvalue weighted by atomic mass is 35.5. The van der Waals surface area contributed by atoms with Gasteiger partial charge in [0.25, 0.3) is 0 Å². The number of ether oxygens (including phenoxy) is 1. The molecule has 1 heterocycles. The molecule has 3 rings (SSSR count). The van der Waals surface area contributed by atoms with Crippen LogP contribution in [0.25, 0.3) is 0 Å². The largest absolute Gasteiger partial charge is 0.487 e. The van der Waals surface area contributed by atoms with Gasteiger partial charge in [0, 0.05) is 24.3 Å². The van der Waals surface area contributed by atoms with Gasteiger partial charge >= 0.3 is 0 Å². The predicted octanol–water partition coefficient (Wildman–Crippen LogP) is 4.70. The van der Waals surface area contributed by atoms with Crippen molar-refractivity contribution in [1.29, 1.82) is 0 Å². The summed E-state index contributed by atoms with van der Waals surface area (Å²) in [5, 5.41) is 0.574. The molecule has 0 amide bonds. The Bertz CT molecular complexity index is 687. The van der Waals surface area contributed by atoms with Gasteiger partial charge in [-0.1, -0.05) is 37.6 Å². The second kappa shape index (κ2) is 6.71. The van der Waals surface area contributed by atoms with Gasteiger partial charge in [-0.2, -0.15) is 0 Å². The fourth-order valence-corrected chi connectivity index (χ4v) is 3.17. The van der Waals surface area contributed by atoms with Crippen molar-refractivity contribution in [1.82, 2.24) is 0 Å². The number of hydrogen-bond donors (Lipinski definition) is 1. The van der Waals surface area contributed by atoms with Crippen LogP contribution in [0.2, 0.25) is 5.02 Å². The average Bonchev–Trinajstić information content (AvgIpc) is 2.99. The average molecular weight is 331 g/mol. The van der Waals surface area contributed by atoms with Gasteiger partial charge in [0.2, 0.25) is 0 Å². The molecule has 0 unspecified atom stereocenters.